The van der Waals surface area contributed by atoms with Crippen LogP contribution in [-0.2, 0) is 0 Å². The minimum absolute atomic E-state index is 0.0306. The second kappa shape index (κ2) is 6.38. The number of thioether (sulfide) groups is 1. The summed E-state index contributed by atoms with van der Waals surface area (Å²) in [6.07, 6.45) is 2.11. The summed E-state index contributed by atoms with van der Waals surface area (Å²) in [5, 5.41) is 0.776. The molecule has 0 saturated carbocycles. The Hall–Kier alpha value is -0.380. The monoisotopic (exact) mass is 258 g/mol. The maximum Gasteiger partial charge on any atom is 0.0642 e. The third-order valence-corrected chi connectivity index (χ3v) is 3.43. The van der Waals surface area contributed by atoms with Gasteiger partial charge >= 0.3 is 0 Å². The van der Waals surface area contributed by atoms with Gasteiger partial charge < -0.3 is 10.6 Å². The molecule has 0 amide bonds. The molecule has 2 nitrogen and oxygen atoms in total. The van der Waals surface area contributed by atoms with Gasteiger partial charge in [-0.1, -0.05) is 17.7 Å². The number of nitrogens with zero attached hydrogens (tertiary/aromatic N) is 1. The first-order valence-corrected chi connectivity index (χ1v) is 7.08. The van der Waals surface area contributed by atoms with Crippen molar-refractivity contribution in [2.75, 3.05) is 30.5 Å². The molecule has 0 aliphatic rings. The molecule has 0 radical (unpaired) electrons. The standard InChI is InChI=1S/C12H19ClN2S/c1-9(14)10-4-5-12(11(13)8-10)15(2)6-7-16-3/h4-5,8-9H,6-7,14H2,1-3H3/t9-/m1/s1. The molecule has 0 unspecified atom stereocenters. The van der Waals surface area contributed by atoms with Crippen molar-refractivity contribution >= 4 is 29.1 Å². The molecule has 0 aromatic heterocycles. The summed E-state index contributed by atoms with van der Waals surface area (Å²) in [6, 6.07) is 6.07. The van der Waals surface area contributed by atoms with Crippen molar-refractivity contribution in [3.8, 4) is 0 Å². The molecule has 0 fully saturated rings. The van der Waals surface area contributed by atoms with Crippen LogP contribution in [0.5, 0.6) is 0 Å². The second-order valence-corrected chi connectivity index (χ2v) is 5.31. The van der Waals surface area contributed by atoms with Crippen LogP contribution in [0.1, 0.15) is 18.5 Å². The summed E-state index contributed by atoms with van der Waals surface area (Å²) in [5.41, 5.74) is 7.96. The number of nitrogens with two attached hydrogens (primary N) is 1. The lowest BCUT2D eigenvalue weighted by Crippen LogP contribution is -2.20. The first-order chi connectivity index (χ1) is 7.56. The van der Waals surface area contributed by atoms with Crippen LogP contribution in [-0.4, -0.2) is 25.6 Å². The molecule has 1 aromatic carbocycles. The summed E-state index contributed by atoms with van der Waals surface area (Å²) in [5.74, 6) is 1.10. The molecular formula is C12H19ClN2S. The van der Waals surface area contributed by atoms with Crippen molar-refractivity contribution in [2.45, 2.75) is 13.0 Å². The van der Waals surface area contributed by atoms with E-state index >= 15 is 0 Å². The Bertz CT molecular complexity index is 342. The molecule has 1 rings (SSSR count). The Kier molecular flexibility index (Phi) is 5.46. The van der Waals surface area contributed by atoms with E-state index in [0.717, 1.165) is 28.6 Å². The zero-order valence-electron chi connectivity index (χ0n) is 10.0. The maximum atomic E-state index is 6.24. The van der Waals surface area contributed by atoms with Gasteiger partial charge in [0.2, 0.25) is 0 Å². The largest absolute Gasteiger partial charge is 0.373 e. The lowest BCUT2D eigenvalue weighted by Gasteiger charge is -2.21. The smallest absolute Gasteiger partial charge is 0.0642 e. The summed E-state index contributed by atoms with van der Waals surface area (Å²) < 4.78 is 0. The average Bonchev–Trinajstić information content (AvgIpc) is 2.25. The van der Waals surface area contributed by atoms with Gasteiger partial charge in [0.15, 0.2) is 0 Å². The van der Waals surface area contributed by atoms with Crippen LogP contribution in [0, 0.1) is 0 Å². The topological polar surface area (TPSA) is 29.3 Å². The van der Waals surface area contributed by atoms with Crippen LogP contribution in [0.25, 0.3) is 0 Å². The lowest BCUT2D eigenvalue weighted by molar-refractivity contribution is 0.817. The predicted octanol–water partition coefficient (Wildman–Crippen LogP) is 3.16. The molecule has 0 spiro atoms. The number of rotatable bonds is 5. The highest BCUT2D eigenvalue weighted by atomic mass is 35.5. The Morgan fingerprint density at radius 1 is 1.50 bits per heavy atom. The van der Waals surface area contributed by atoms with Crippen LogP contribution in [0.15, 0.2) is 18.2 Å². The number of anilines is 1. The molecule has 4 heteroatoms. The van der Waals surface area contributed by atoms with E-state index in [2.05, 4.69) is 18.2 Å². The fraction of sp³-hybridized carbons (Fsp3) is 0.500. The SMILES string of the molecule is CSCCN(C)c1ccc([C@@H](C)N)cc1Cl. The second-order valence-electron chi connectivity index (χ2n) is 3.91. The Morgan fingerprint density at radius 3 is 2.69 bits per heavy atom. The van der Waals surface area contributed by atoms with Gasteiger partial charge in [-0.3, -0.25) is 0 Å². The van der Waals surface area contributed by atoms with Crippen LogP contribution >= 0.6 is 23.4 Å². The fourth-order valence-electron chi connectivity index (χ4n) is 1.46. The molecule has 0 aliphatic carbocycles. The summed E-state index contributed by atoms with van der Waals surface area (Å²) in [6.45, 7) is 2.96. The number of halogens is 1. The van der Waals surface area contributed by atoms with Gasteiger partial charge in [-0.2, -0.15) is 11.8 Å². The Morgan fingerprint density at radius 2 is 2.19 bits per heavy atom. The van der Waals surface area contributed by atoms with Gasteiger partial charge in [-0.05, 0) is 30.9 Å². The van der Waals surface area contributed by atoms with Crippen LogP contribution in [0.3, 0.4) is 0 Å². The minimum atomic E-state index is 0.0306. The highest BCUT2D eigenvalue weighted by Crippen LogP contribution is 2.27. The zero-order valence-corrected chi connectivity index (χ0v) is 11.6. The normalized spacial score (nSPS) is 12.6. The average molecular weight is 259 g/mol. The summed E-state index contributed by atoms with van der Waals surface area (Å²) in [7, 11) is 2.06. The molecule has 0 heterocycles. The summed E-state index contributed by atoms with van der Waals surface area (Å²) >= 11 is 8.08. The van der Waals surface area contributed by atoms with Crippen LogP contribution < -0.4 is 10.6 Å². The van der Waals surface area contributed by atoms with Gasteiger partial charge in [-0.25, -0.2) is 0 Å². The van der Waals surface area contributed by atoms with Gasteiger partial charge in [0, 0.05) is 25.4 Å². The van der Waals surface area contributed by atoms with E-state index in [1.807, 2.05) is 36.9 Å². The van der Waals surface area contributed by atoms with Crippen LogP contribution in [0.4, 0.5) is 5.69 Å². The van der Waals surface area contributed by atoms with E-state index in [-0.39, 0.29) is 6.04 Å². The third-order valence-electron chi connectivity index (χ3n) is 2.54. The minimum Gasteiger partial charge on any atom is -0.373 e. The van der Waals surface area contributed by atoms with E-state index in [4.69, 9.17) is 17.3 Å². The third kappa shape index (κ3) is 3.58. The molecular weight excluding hydrogens is 240 g/mol. The fourth-order valence-corrected chi connectivity index (χ4v) is 2.25. The van der Waals surface area contributed by atoms with E-state index in [1.54, 1.807) is 0 Å². The van der Waals surface area contributed by atoms with Gasteiger partial charge in [0.1, 0.15) is 0 Å². The van der Waals surface area contributed by atoms with E-state index in [9.17, 15) is 0 Å². The molecule has 2 N–H and O–H groups in total. The van der Waals surface area contributed by atoms with E-state index < -0.39 is 0 Å². The lowest BCUT2D eigenvalue weighted by atomic mass is 10.1. The summed E-state index contributed by atoms with van der Waals surface area (Å²) in [4.78, 5) is 2.17. The van der Waals surface area contributed by atoms with Crippen molar-refractivity contribution in [1.29, 1.82) is 0 Å². The van der Waals surface area contributed by atoms with Crippen molar-refractivity contribution in [2.24, 2.45) is 5.73 Å². The van der Waals surface area contributed by atoms with Crippen LogP contribution in [0.2, 0.25) is 5.02 Å². The maximum absolute atomic E-state index is 6.24. The number of hydrogen-bond donors (Lipinski definition) is 1. The highest BCUT2D eigenvalue weighted by Gasteiger charge is 2.08. The van der Waals surface area contributed by atoms with Crippen molar-refractivity contribution in [1.82, 2.24) is 0 Å². The highest BCUT2D eigenvalue weighted by molar-refractivity contribution is 7.98. The molecule has 16 heavy (non-hydrogen) atoms. The number of benzene rings is 1. The Balaban J connectivity index is 2.81. The molecule has 0 bridgehead atoms. The van der Waals surface area contributed by atoms with Gasteiger partial charge in [0.25, 0.3) is 0 Å². The van der Waals surface area contributed by atoms with Gasteiger partial charge in [-0.15, -0.1) is 0 Å². The van der Waals surface area contributed by atoms with E-state index in [0.29, 0.717) is 0 Å². The number of hydrogen-bond acceptors (Lipinski definition) is 3. The van der Waals surface area contributed by atoms with Gasteiger partial charge in [0.05, 0.1) is 10.7 Å². The van der Waals surface area contributed by atoms with Crippen molar-refractivity contribution in [3.05, 3.63) is 28.8 Å². The Labute approximate surface area is 107 Å². The molecule has 90 valence electrons. The predicted molar refractivity (Wildman–Crippen MR) is 75.7 cm³/mol. The molecule has 1 atom stereocenters. The molecule has 0 saturated heterocycles. The van der Waals surface area contributed by atoms with Crippen molar-refractivity contribution in [3.63, 3.8) is 0 Å². The quantitative estimate of drug-likeness (QED) is 0.880. The first-order valence-electron chi connectivity index (χ1n) is 5.31. The molecule has 1 aromatic rings. The molecule has 0 aliphatic heterocycles. The first kappa shape index (κ1) is 13.7. The zero-order chi connectivity index (χ0) is 12.1. The van der Waals surface area contributed by atoms with E-state index in [1.165, 1.54) is 0 Å². The van der Waals surface area contributed by atoms with Crippen molar-refractivity contribution < 1.29 is 0 Å².